The van der Waals surface area contributed by atoms with E-state index in [9.17, 15) is 14.9 Å². The summed E-state index contributed by atoms with van der Waals surface area (Å²) in [6.07, 6.45) is 0.254. The molecule has 0 aromatic heterocycles. The van der Waals surface area contributed by atoms with Gasteiger partial charge in [0.25, 0.3) is 5.69 Å². The zero-order valence-electron chi connectivity index (χ0n) is 10.6. The molecule has 19 heavy (non-hydrogen) atoms. The minimum absolute atomic E-state index is 0.0423. The zero-order chi connectivity index (χ0) is 14.4. The molecule has 7 heteroatoms. The standard InChI is InChI=1S/C12H14BrNO5/c1-3-19-12(15)10(13)7-8-6-9(14(16)17)4-5-11(8)18-2/h4-6,10H,3,7H2,1-2H3. The number of hydrogen-bond donors (Lipinski definition) is 0. The van der Waals surface area contributed by atoms with Gasteiger partial charge in [0.1, 0.15) is 10.6 Å². The quantitative estimate of drug-likeness (QED) is 0.346. The molecule has 0 saturated carbocycles. The molecule has 0 fully saturated rings. The average Bonchev–Trinajstić information content (AvgIpc) is 2.38. The first-order valence-corrected chi connectivity index (χ1v) is 6.53. The van der Waals surface area contributed by atoms with Crippen molar-refractivity contribution in [3.8, 4) is 5.75 Å². The molecular formula is C12H14BrNO5. The van der Waals surface area contributed by atoms with E-state index < -0.39 is 15.7 Å². The lowest BCUT2D eigenvalue weighted by atomic mass is 10.1. The molecule has 0 spiro atoms. The predicted octanol–water partition coefficient (Wildman–Crippen LogP) is 2.47. The first-order chi connectivity index (χ1) is 8.99. The van der Waals surface area contributed by atoms with Crippen molar-refractivity contribution in [1.29, 1.82) is 0 Å². The molecule has 0 radical (unpaired) electrons. The highest BCUT2D eigenvalue weighted by molar-refractivity contribution is 9.10. The van der Waals surface area contributed by atoms with Gasteiger partial charge in [-0.15, -0.1) is 0 Å². The van der Waals surface area contributed by atoms with Crippen LogP contribution in [-0.2, 0) is 16.0 Å². The molecule has 1 atom stereocenters. The van der Waals surface area contributed by atoms with Crippen molar-refractivity contribution in [3.05, 3.63) is 33.9 Å². The molecule has 1 aromatic rings. The lowest BCUT2D eigenvalue weighted by molar-refractivity contribution is -0.384. The van der Waals surface area contributed by atoms with Crippen LogP contribution in [0.1, 0.15) is 12.5 Å². The molecule has 0 saturated heterocycles. The highest BCUT2D eigenvalue weighted by Crippen LogP contribution is 2.26. The van der Waals surface area contributed by atoms with Crippen LogP contribution in [0.3, 0.4) is 0 Å². The van der Waals surface area contributed by atoms with Gasteiger partial charge in [-0.1, -0.05) is 15.9 Å². The molecule has 0 N–H and O–H groups in total. The molecule has 0 amide bonds. The molecule has 1 rings (SSSR count). The highest BCUT2D eigenvalue weighted by Gasteiger charge is 2.20. The van der Waals surface area contributed by atoms with E-state index in [1.54, 1.807) is 6.92 Å². The van der Waals surface area contributed by atoms with Crippen molar-refractivity contribution < 1.29 is 19.2 Å². The Morgan fingerprint density at radius 2 is 2.21 bits per heavy atom. The fraction of sp³-hybridized carbons (Fsp3) is 0.417. The second-order valence-electron chi connectivity index (χ2n) is 3.68. The van der Waals surface area contributed by atoms with Gasteiger partial charge >= 0.3 is 5.97 Å². The second-order valence-corrected chi connectivity index (χ2v) is 4.78. The Bertz CT molecular complexity index is 477. The van der Waals surface area contributed by atoms with Gasteiger partial charge in [-0.2, -0.15) is 0 Å². The number of nitrogens with zero attached hydrogens (tertiary/aromatic N) is 1. The van der Waals surface area contributed by atoms with E-state index in [1.165, 1.54) is 25.3 Å². The van der Waals surface area contributed by atoms with Crippen LogP contribution in [0, 0.1) is 10.1 Å². The molecule has 104 valence electrons. The summed E-state index contributed by atoms with van der Waals surface area (Å²) in [7, 11) is 1.47. The van der Waals surface area contributed by atoms with Gasteiger partial charge in [0.05, 0.1) is 18.6 Å². The fourth-order valence-corrected chi connectivity index (χ4v) is 2.03. The van der Waals surface area contributed by atoms with Gasteiger partial charge in [0.15, 0.2) is 0 Å². The topological polar surface area (TPSA) is 78.7 Å². The number of esters is 1. The van der Waals surface area contributed by atoms with Crippen molar-refractivity contribution in [3.63, 3.8) is 0 Å². The summed E-state index contributed by atoms with van der Waals surface area (Å²) in [6.45, 7) is 2.00. The number of non-ortho nitro benzene ring substituents is 1. The second kappa shape index (κ2) is 7.08. The maximum Gasteiger partial charge on any atom is 0.320 e. The largest absolute Gasteiger partial charge is 0.496 e. The summed E-state index contributed by atoms with van der Waals surface area (Å²) < 4.78 is 9.99. The van der Waals surface area contributed by atoms with Crippen LogP contribution in [0.5, 0.6) is 5.75 Å². The Kier molecular flexibility index (Phi) is 5.75. The van der Waals surface area contributed by atoms with E-state index in [-0.39, 0.29) is 18.7 Å². The van der Waals surface area contributed by atoms with Gasteiger partial charge < -0.3 is 9.47 Å². The Hall–Kier alpha value is -1.63. The number of carbonyl (C=O) groups is 1. The predicted molar refractivity (Wildman–Crippen MR) is 72.7 cm³/mol. The van der Waals surface area contributed by atoms with E-state index in [4.69, 9.17) is 9.47 Å². The maximum atomic E-state index is 11.5. The maximum absolute atomic E-state index is 11.5. The van der Waals surface area contributed by atoms with E-state index >= 15 is 0 Å². The Morgan fingerprint density at radius 1 is 1.53 bits per heavy atom. The van der Waals surface area contributed by atoms with Crippen LogP contribution >= 0.6 is 15.9 Å². The highest BCUT2D eigenvalue weighted by atomic mass is 79.9. The zero-order valence-corrected chi connectivity index (χ0v) is 12.2. The fourth-order valence-electron chi connectivity index (χ4n) is 1.55. The van der Waals surface area contributed by atoms with Crippen LogP contribution in [0.2, 0.25) is 0 Å². The molecule has 0 bridgehead atoms. The van der Waals surface area contributed by atoms with Crippen molar-refractivity contribution in [1.82, 2.24) is 0 Å². The molecule has 1 aromatic carbocycles. The first-order valence-electron chi connectivity index (χ1n) is 5.61. The number of carbonyl (C=O) groups excluding carboxylic acids is 1. The van der Waals surface area contributed by atoms with Crippen LogP contribution in [0.4, 0.5) is 5.69 Å². The Balaban J connectivity index is 2.94. The SMILES string of the molecule is CCOC(=O)C(Br)Cc1cc([N+](=O)[O-])ccc1OC. The number of hydrogen-bond acceptors (Lipinski definition) is 5. The van der Waals surface area contributed by atoms with Gasteiger partial charge in [-0.05, 0) is 19.4 Å². The normalized spacial score (nSPS) is 11.7. The summed E-state index contributed by atoms with van der Waals surface area (Å²) in [5.41, 5.74) is 0.533. The monoisotopic (exact) mass is 331 g/mol. The van der Waals surface area contributed by atoms with Crippen molar-refractivity contribution in [2.24, 2.45) is 0 Å². The lowest BCUT2D eigenvalue weighted by Crippen LogP contribution is -2.20. The van der Waals surface area contributed by atoms with E-state index in [2.05, 4.69) is 15.9 Å². The van der Waals surface area contributed by atoms with Crippen LogP contribution in [0.25, 0.3) is 0 Å². The summed E-state index contributed by atoms with van der Waals surface area (Å²) in [5, 5.41) is 10.7. The minimum atomic E-state index is -0.566. The number of rotatable bonds is 6. The lowest BCUT2D eigenvalue weighted by Gasteiger charge is -2.12. The van der Waals surface area contributed by atoms with Crippen LogP contribution < -0.4 is 4.74 Å². The number of benzene rings is 1. The molecule has 6 nitrogen and oxygen atoms in total. The number of nitro groups is 1. The third-order valence-electron chi connectivity index (χ3n) is 2.42. The van der Waals surface area contributed by atoms with E-state index in [0.717, 1.165) is 0 Å². The molecule has 1 unspecified atom stereocenters. The van der Waals surface area contributed by atoms with Gasteiger partial charge in [0.2, 0.25) is 0 Å². The van der Waals surface area contributed by atoms with Gasteiger partial charge in [-0.3, -0.25) is 14.9 Å². The molecule has 0 aliphatic rings. The number of ether oxygens (including phenoxy) is 2. The van der Waals surface area contributed by atoms with E-state index in [0.29, 0.717) is 11.3 Å². The Labute approximate surface area is 119 Å². The minimum Gasteiger partial charge on any atom is -0.496 e. The average molecular weight is 332 g/mol. The smallest absolute Gasteiger partial charge is 0.320 e. The number of alkyl halides is 1. The molecule has 0 heterocycles. The molecule has 0 aliphatic heterocycles. The van der Waals surface area contributed by atoms with E-state index in [1.807, 2.05) is 0 Å². The van der Waals surface area contributed by atoms with Crippen molar-refractivity contribution >= 4 is 27.6 Å². The van der Waals surface area contributed by atoms with Crippen molar-refractivity contribution in [2.45, 2.75) is 18.2 Å². The summed E-state index contributed by atoms with van der Waals surface area (Å²) in [4.78, 5) is 21.2. The summed E-state index contributed by atoms with van der Waals surface area (Å²) in [5.74, 6) is 0.0930. The number of methoxy groups -OCH3 is 1. The van der Waals surface area contributed by atoms with Crippen molar-refractivity contribution in [2.75, 3.05) is 13.7 Å². The Morgan fingerprint density at radius 3 is 2.74 bits per heavy atom. The number of halogens is 1. The summed E-state index contributed by atoms with van der Waals surface area (Å²) >= 11 is 3.21. The molecule has 0 aliphatic carbocycles. The third kappa shape index (κ3) is 4.20. The van der Waals surface area contributed by atoms with Crippen LogP contribution in [0.15, 0.2) is 18.2 Å². The summed E-state index contributed by atoms with van der Waals surface area (Å²) in [6, 6.07) is 4.26. The van der Waals surface area contributed by atoms with Gasteiger partial charge in [0, 0.05) is 17.7 Å². The number of nitro benzene ring substituents is 1. The van der Waals surface area contributed by atoms with Gasteiger partial charge in [-0.25, -0.2) is 0 Å². The first kappa shape index (κ1) is 15.4. The molecular weight excluding hydrogens is 318 g/mol. The van der Waals surface area contributed by atoms with Crippen LogP contribution in [-0.4, -0.2) is 29.4 Å². The third-order valence-corrected chi connectivity index (χ3v) is 3.11.